The second-order valence-electron chi connectivity index (χ2n) is 4.55. The zero-order valence-electron chi connectivity index (χ0n) is 10.3. The Bertz CT molecular complexity index is 280. The maximum atomic E-state index is 12.0. The molecule has 0 atom stereocenters. The summed E-state index contributed by atoms with van der Waals surface area (Å²) in [6, 6.07) is 0. The van der Waals surface area contributed by atoms with Gasteiger partial charge in [0.25, 0.3) is 0 Å². The van der Waals surface area contributed by atoms with Crippen LogP contribution >= 0.6 is 0 Å². The van der Waals surface area contributed by atoms with E-state index in [0.29, 0.717) is 19.7 Å². The maximum absolute atomic E-state index is 12.0. The minimum Gasteiger partial charge on any atom is -0.378 e. The monoisotopic (exact) mass is 249 g/mol. The van der Waals surface area contributed by atoms with E-state index >= 15 is 0 Å². The predicted octanol–water partition coefficient (Wildman–Crippen LogP) is 1.62. The van der Waals surface area contributed by atoms with Crippen molar-refractivity contribution in [2.45, 2.75) is 45.6 Å². The second kappa shape index (κ2) is 6.57. The van der Waals surface area contributed by atoms with Gasteiger partial charge in [-0.25, -0.2) is 12.7 Å². The highest BCUT2D eigenvalue weighted by atomic mass is 32.2. The SMILES string of the molecule is CC(C)OCCS(=O)(=O)N1CCCCCC1. The average Bonchev–Trinajstić information content (AvgIpc) is 2.44. The van der Waals surface area contributed by atoms with Gasteiger partial charge in [-0.15, -0.1) is 0 Å². The highest BCUT2D eigenvalue weighted by molar-refractivity contribution is 7.89. The first-order chi connectivity index (χ1) is 7.52. The van der Waals surface area contributed by atoms with Crippen molar-refractivity contribution in [2.75, 3.05) is 25.4 Å². The Kier molecular flexibility index (Phi) is 5.72. The van der Waals surface area contributed by atoms with E-state index in [4.69, 9.17) is 4.74 Å². The van der Waals surface area contributed by atoms with Gasteiger partial charge in [0.1, 0.15) is 0 Å². The summed E-state index contributed by atoms with van der Waals surface area (Å²) in [5.41, 5.74) is 0. The van der Waals surface area contributed by atoms with Crippen LogP contribution in [0.25, 0.3) is 0 Å². The lowest BCUT2D eigenvalue weighted by molar-refractivity contribution is 0.0907. The van der Waals surface area contributed by atoms with Gasteiger partial charge in [0.05, 0.1) is 18.5 Å². The number of ether oxygens (including phenoxy) is 1. The van der Waals surface area contributed by atoms with Gasteiger partial charge in [0.15, 0.2) is 0 Å². The third-order valence-corrected chi connectivity index (χ3v) is 4.59. The fraction of sp³-hybridized carbons (Fsp3) is 1.00. The number of hydrogen-bond acceptors (Lipinski definition) is 3. The van der Waals surface area contributed by atoms with Gasteiger partial charge in [-0.3, -0.25) is 0 Å². The van der Waals surface area contributed by atoms with Crippen molar-refractivity contribution in [1.29, 1.82) is 0 Å². The molecule has 4 nitrogen and oxygen atoms in total. The Hall–Kier alpha value is -0.130. The van der Waals surface area contributed by atoms with Crippen molar-refractivity contribution in [3.8, 4) is 0 Å². The Morgan fingerprint density at radius 1 is 1.12 bits per heavy atom. The van der Waals surface area contributed by atoms with Crippen LogP contribution < -0.4 is 0 Å². The maximum Gasteiger partial charge on any atom is 0.216 e. The molecule has 0 amide bonds. The van der Waals surface area contributed by atoms with Crippen LogP contribution in [0.3, 0.4) is 0 Å². The van der Waals surface area contributed by atoms with Crippen molar-refractivity contribution in [1.82, 2.24) is 4.31 Å². The molecule has 0 spiro atoms. The van der Waals surface area contributed by atoms with Crippen molar-refractivity contribution in [2.24, 2.45) is 0 Å². The van der Waals surface area contributed by atoms with E-state index in [9.17, 15) is 8.42 Å². The zero-order chi connectivity index (χ0) is 12.0. The quantitative estimate of drug-likeness (QED) is 0.744. The molecule has 0 radical (unpaired) electrons. The lowest BCUT2D eigenvalue weighted by Crippen LogP contribution is -2.35. The smallest absolute Gasteiger partial charge is 0.216 e. The van der Waals surface area contributed by atoms with Crippen LogP contribution in [-0.4, -0.2) is 44.3 Å². The molecular weight excluding hydrogens is 226 g/mol. The number of nitrogens with zero attached hydrogens (tertiary/aromatic N) is 1. The first-order valence-electron chi connectivity index (χ1n) is 6.12. The molecule has 1 aliphatic heterocycles. The van der Waals surface area contributed by atoms with E-state index < -0.39 is 10.0 Å². The molecule has 0 aromatic heterocycles. The third-order valence-electron chi connectivity index (χ3n) is 2.75. The van der Waals surface area contributed by atoms with E-state index in [0.717, 1.165) is 25.7 Å². The van der Waals surface area contributed by atoms with Crippen molar-refractivity contribution >= 4 is 10.0 Å². The van der Waals surface area contributed by atoms with Crippen LogP contribution in [0.1, 0.15) is 39.5 Å². The van der Waals surface area contributed by atoms with Crippen LogP contribution in [0.4, 0.5) is 0 Å². The molecule has 0 unspecified atom stereocenters. The summed E-state index contributed by atoms with van der Waals surface area (Å²) in [5.74, 6) is 0.116. The summed E-state index contributed by atoms with van der Waals surface area (Å²) in [7, 11) is -3.09. The summed E-state index contributed by atoms with van der Waals surface area (Å²) in [6.07, 6.45) is 4.37. The first kappa shape index (κ1) is 13.9. The van der Waals surface area contributed by atoms with Crippen LogP contribution in [0.15, 0.2) is 0 Å². The number of sulfonamides is 1. The molecule has 16 heavy (non-hydrogen) atoms. The first-order valence-corrected chi connectivity index (χ1v) is 7.73. The molecule has 96 valence electrons. The zero-order valence-corrected chi connectivity index (χ0v) is 11.1. The van der Waals surface area contributed by atoms with Crippen LogP contribution in [0.2, 0.25) is 0 Å². The van der Waals surface area contributed by atoms with Crippen molar-refractivity contribution in [3.05, 3.63) is 0 Å². The fourth-order valence-electron chi connectivity index (χ4n) is 1.84. The average molecular weight is 249 g/mol. The molecule has 1 rings (SSSR count). The van der Waals surface area contributed by atoms with Gasteiger partial charge < -0.3 is 4.74 Å². The van der Waals surface area contributed by atoms with Crippen LogP contribution in [-0.2, 0) is 14.8 Å². The third kappa shape index (κ3) is 4.80. The minimum absolute atomic E-state index is 0.0966. The van der Waals surface area contributed by atoms with Crippen molar-refractivity contribution < 1.29 is 13.2 Å². The summed E-state index contributed by atoms with van der Waals surface area (Å²) < 4.78 is 30.9. The van der Waals surface area contributed by atoms with Gasteiger partial charge in [-0.1, -0.05) is 12.8 Å². The fourth-order valence-corrected chi connectivity index (χ4v) is 3.22. The highest BCUT2D eigenvalue weighted by Crippen LogP contribution is 2.13. The van der Waals surface area contributed by atoms with Crippen molar-refractivity contribution in [3.63, 3.8) is 0 Å². The summed E-state index contributed by atoms with van der Waals surface area (Å²) in [6.45, 7) is 5.50. The molecule has 1 heterocycles. The molecule has 0 bridgehead atoms. The molecule has 0 aromatic rings. The highest BCUT2D eigenvalue weighted by Gasteiger charge is 2.22. The van der Waals surface area contributed by atoms with Gasteiger partial charge >= 0.3 is 0 Å². The number of hydrogen-bond donors (Lipinski definition) is 0. The molecule has 0 saturated carbocycles. The summed E-state index contributed by atoms with van der Waals surface area (Å²) >= 11 is 0. The topological polar surface area (TPSA) is 46.6 Å². The van der Waals surface area contributed by atoms with Crippen LogP contribution in [0, 0.1) is 0 Å². The van der Waals surface area contributed by atoms with Gasteiger partial charge in [-0.2, -0.15) is 0 Å². The molecule has 1 aliphatic rings. The predicted molar refractivity (Wildman–Crippen MR) is 64.9 cm³/mol. The largest absolute Gasteiger partial charge is 0.378 e. The second-order valence-corrected chi connectivity index (χ2v) is 6.64. The van der Waals surface area contributed by atoms with Gasteiger partial charge in [0, 0.05) is 13.1 Å². The van der Waals surface area contributed by atoms with Gasteiger partial charge in [-0.05, 0) is 26.7 Å². The van der Waals surface area contributed by atoms with E-state index in [2.05, 4.69) is 0 Å². The Morgan fingerprint density at radius 3 is 2.19 bits per heavy atom. The lowest BCUT2D eigenvalue weighted by Gasteiger charge is -2.20. The van der Waals surface area contributed by atoms with Gasteiger partial charge in [0.2, 0.25) is 10.0 Å². The van der Waals surface area contributed by atoms with E-state index in [1.165, 1.54) is 0 Å². The Labute approximate surface area is 99.0 Å². The Morgan fingerprint density at radius 2 is 1.69 bits per heavy atom. The molecule has 0 aliphatic carbocycles. The molecular formula is C11H23NO3S. The molecule has 5 heteroatoms. The van der Waals surface area contributed by atoms with Crippen LogP contribution in [0.5, 0.6) is 0 Å². The lowest BCUT2D eigenvalue weighted by atomic mass is 10.2. The Balaban J connectivity index is 2.42. The minimum atomic E-state index is -3.09. The molecule has 1 fully saturated rings. The number of rotatable bonds is 5. The van der Waals surface area contributed by atoms with E-state index in [1.54, 1.807) is 4.31 Å². The summed E-state index contributed by atoms with van der Waals surface area (Å²) in [5, 5.41) is 0. The summed E-state index contributed by atoms with van der Waals surface area (Å²) in [4.78, 5) is 0. The molecule has 1 saturated heterocycles. The molecule has 0 aromatic carbocycles. The standard InChI is InChI=1S/C11H23NO3S/c1-11(2)15-9-10-16(13,14)12-7-5-3-4-6-8-12/h11H,3-10H2,1-2H3. The normalized spacial score (nSPS) is 19.9. The molecule has 0 N–H and O–H groups in total. The van der Waals surface area contributed by atoms with E-state index in [1.807, 2.05) is 13.8 Å². The van der Waals surface area contributed by atoms with E-state index in [-0.39, 0.29) is 11.9 Å².